The molecule has 2 aromatic rings. The van der Waals surface area contributed by atoms with Gasteiger partial charge in [0.05, 0.1) is 13.2 Å². The minimum atomic E-state index is -0.849. The van der Waals surface area contributed by atoms with Gasteiger partial charge in [-0.25, -0.2) is 0 Å². The Hall–Kier alpha value is -2.56. The summed E-state index contributed by atoms with van der Waals surface area (Å²) in [7, 11) is -0.849. The summed E-state index contributed by atoms with van der Waals surface area (Å²) in [6.07, 6.45) is 0.900. The highest BCUT2D eigenvalue weighted by atomic mass is 16.5. The maximum absolute atomic E-state index is 9.68. The van der Waals surface area contributed by atoms with Crippen molar-refractivity contribution >= 4 is 24.1 Å². The number of nitrogens with zero attached hydrogens (tertiary/aromatic N) is 2. The minimum Gasteiger partial charge on any atom is -0.477 e. The van der Waals surface area contributed by atoms with Gasteiger partial charge in [-0.15, -0.1) is 0 Å². The number of fused-ring (bicyclic) bond motifs is 1. The standard InChI is InChI=1S/C18H20BN3O3.C2H6/c1-12(2)7-8-24-18-13(10-20)3-6-17(22-18)21-15-4-5-16-14(9-15)11-25-19(16)23;1-2/h3-6,9,12,23H,7-8,11H2,1-2H3,(H,21,22);1-2H3. The average molecular weight is 367 g/mol. The van der Waals surface area contributed by atoms with E-state index >= 15 is 0 Å². The van der Waals surface area contributed by atoms with E-state index in [1.54, 1.807) is 12.1 Å². The zero-order valence-electron chi connectivity index (χ0n) is 16.3. The maximum atomic E-state index is 9.68. The molecule has 3 rings (SSSR count). The Kier molecular flexibility index (Phi) is 7.65. The number of ether oxygens (including phenoxy) is 1. The van der Waals surface area contributed by atoms with Crippen molar-refractivity contribution in [3.05, 3.63) is 41.5 Å². The molecule has 0 fully saturated rings. The molecule has 0 saturated carbocycles. The topological polar surface area (TPSA) is 87.4 Å². The Labute approximate surface area is 161 Å². The molecule has 1 aromatic carbocycles. The summed E-state index contributed by atoms with van der Waals surface area (Å²) in [6, 6.07) is 11.2. The van der Waals surface area contributed by atoms with Gasteiger partial charge in [0.1, 0.15) is 17.5 Å². The van der Waals surface area contributed by atoms with Crippen molar-refractivity contribution in [3.63, 3.8) is 0 Å². The van der Waals surface area contributed by atoms with Gasteiger partial charge < -0.3 is 19.7 Å². The monoisotopic (exact) mass is 367 g/mol. The third-order valence-electron chi connectivity index (χ3n) is 3.99. The molecule has 142 valence electrons. The van der Waals surface area contributed by atoms with E-state index in [1.807, 2.05) is 32.0 Å². The van der Waals surface area contributed by atoms with Crippen molar-refractivity contribution in [1.29, 1.82) is 5.26 Å². The summed E-state index contributed by atoms with van der Waals surface area (Å²) in [5.74, 6) is 1.46. The molecule has 6 nitrogen and oxygen atoms in total. The van der Waals surface area contributed by atoms with Crippen molar-refractivity contribution < 1.29 is 14.4 Å². The Morgan fingerprint density at radius 3 is 2.81 bits per heavy atom. The van der Waals surface area contributed by atoms with E-state index in [0.717, 1.165) is 23.1 Å². The molecule has 2 N–H and O–H groups in total. The lowest BCUT2D eigenvalue weighted by atomic mass is 9.79. The number of nitriles is 1. The highest BCUT2D eigenvalue weighted by Crippen LogP contribution is 2.23. The van der Waals surface area contributed by atoms with Gasteiger partial charge >= 0.3 is 7.12 Å². The lowest BCUT2D eigenvalue weighted by Crippen LogP contribution is -2.27. The van der Waals surface area contributed by atoms with Gasteiger partial charge in [-0.3, -0.25) is 0 Å². The first-order chi connectivity index (χ1) is 13.1. The molecule has 0 saturated heterocycles. The molecule has 1 aliphatic heterocycles. The van der Waals surface area contributed by atoms with E-state index in [2.05, 4.69) is 30.2 Å². The molecule has 0 bridgehead atoms. The van der Waals surface area contributed by atoms with E-state index in [1.165, 1.54) is 0 Å². The summed E-state index contributed by atoms with van der Waals surface area (Å²) in [5.41, 5.74) is 2.98. The molecule has 0 spiro atoms. The number of hydrogen-bond donors (Lipinski definition) is 2. The van der Waals surface area contributed by atoms with E-state index in [0.29, 0.717) is 36.4 Å². The van der Waals surface area contributed by atoms with Crippen LogP contribution in [0.3, 0.4) is 0 Å². The minimum absolute atomic E-state index is 0.341. The molecule has 7 heteroatoms. The first-order valence-electron chi connectivity index (χ1n) is 9.30. The fourth-order valence-electron chi connectivity index (χ4n) is 2.55. The molecule has 27 heavy (non-hydrogen) atoms. The van der Waals surface area contributed by atoms with Gasteiger partial charge in [0.25, 0.3) is 0 Å². The Bertz CT molecular complexity index is 806. The van der Waals surface area contributed by atoms with Crippen LogP contribution in [-0.4, -0.2) is 23.7 Å². The second kappa shape index (κ2) is 9.95. The highest BCUT2D eigenvalue weighted by molar-refractivity contribution is 6.61. The molecular weight excluding hydrogens is 341 g/mol. The zero-order valence-corrected chi connectivity index (χ0v) is 16.3. The van der Waals surface area contributed by atoms with Gasteiger partial charge in [0.2, 0.25) is 5.88 Å². The first-order valence-corrected chi connectivity index (χ1v) is 9.30. The molecular formula is C20H26BN3O3. The van der Waals surface area contributed by atoms with Crippen LogP contribution in [0.4, 0.5) is 11.5 Å². The summed E-state index contributed by atoms with van der Waals surface area (Å²) in [5, 5.41) is 22.1. The van der Waals surface area contributed by atoms with Crippen LogP contribution in [0.1, 0.15) is 45.2 Å². The van der Waals surface area contributed by atoms with Crippen molar-refractivity contribution in [2.24, 2.45) is 5.92 Å². The molecule has 1 aromatic heterocycles. The third-order valence-corrected chi connectivity index (χ3v) is 3.99. The van der Waals surface area contributed by atoms with Crippen LogP contribution in [0.2, 0.25) is 0 Å². The van der Waals surface area contributed by atoms with Crippen LogP contribution in [0.15, 0.2) is 30.3 Å². The fraction of sp³-hybridized carbons (Fsp3) is 0.400. The van der Waals surface area contributed by atoms with Crippen LogP contribution >= 0.6 is 0 Å². The lowest BCUT2D eigenvalue weighted by molar-refractivity contribution is 0.275. The van der Waals surface area contributed by atoms with Crippen LogP contribution < -0.4 is 15.5 Å². The van der Waals surface area contributed by atoms with Crippen LogP contribution in [0.5, 0.6) is 5.88 Å². The number of pyridine rings is 1. The van der Waals surface area contributed by atoms with Crippen LogP contribution in [0.25, 0.3) is 0 Å². The molecule has 0 aliphatic carbocycles. The third kappa shape index (κ3) is 5.46. The number of anilines is 2. The van der Waals surface area contributed by atoms with E-state index in [4.69, 9.17) is 9.39 Å². The Balaban J connectivity index is 0.00000126. The van der Waals surface area contributed by atoms with Gasteiger partial charge in [-0.2, -0.15) is 10.2 Å². The predicted molar refractivity (Wildman–Crippen MR) is 107 cm³/mol. The second-order valence-electron chi connectivity index (χ2n) is 6.39. The summed E-state index contributed by atoms with van der Waals surface area (Å²) >= 11 is 0. The maximum Gasteiger partial charge on any atom is 0.491 e. The van der Waals surface area contributed by atoms with Crippen LogP contribution in [0, 0.1) is 17.2 Å². The summed E-state index contributed by atoms with van der Waals surface area (Å²) < 4.78 is 10.9. The summed E-state index contributed by atoms with van der Waals surface area (Å²) in [4.78, 5) is 4.41. The normalized spacial score (nSPS) is 12.1. The number of aromatic nitrogens is 1. The van der Waals surface area contributed by atoms with E-state index in [-0.39, 0.29) is 0 Å². The van der Waals surface area contributed by atoms with Gasteiger partial charge in [-0.1, -0.05) is 33.8 Å². The van der Waals surface area contributed by atoms with Crippen molar-refractivity contribution in [2.45, 2.75) is 40.7 Å². The zero-order chi connectivity index (χ0) is 19.8. The fourth-order valence-corrected chi connectivity index (χ4v) is 2.55. The van der Waals surface area contributed by atoms with Crippen molar-refractivity contribution in [2.75, 3.05) is 11.9 Å². The number of nitrogens with one attached hydrogen (secondary N) is 1. The Morgan fingerprint density at radius 2 is 2.11 bits per heavy atom. The van der Waals surface area contributed by atoms with Crippen LogP contribution in [-0.2, 0) is 11.3 Å². The molecule has 2 heterocycles. The van der Waals surface area contributed by atoms with Crippen molar-refractivity contribution in [3.8, 4) is 11.9 Å². The molecule has 0 atom stereocenters. The van der Waals surface area contributed by atoms with E-state index in [9.17, 15) is 10.3 Å². The van der Waals surface area contributed by atoms with Crippen molar-refractivity contribution in [1.82, 2.24) is 4.98 Å². The Morgan fingerprint density at radius 1 is 1.33 bits per heavy atom. The molecule has 1 aliphatic rings. The second-order valence-corrected chi connectivity index (χ2v) is 6.39. The predicted octanol–water partition coefficient (Wildman–Crippen LogP) is 3.37. The van der Waals surface area contributed by atoms with Gasteiger partial charge in [-0.05, 0) is 47.6 Å². The molecule has 0 unspecified atom stereocenters. The molecule has 0 amide bonds. The number of hydrogen-bond acceptors (Lipinski definition) is 6. The highest BCUT2D eigenvalue weighted by Gasteiger charge is 2.27. The number of benzene rings is 1. The van der Waals surface area contributed by atoms with Gasteiger partial charge in [0.15, 0.2) is 0 Å². The largest absolute Gasteiger partial charge is 0.491 e. The first kappa shape index (κ1) is 20.8. The van der Waals surface area contributed by atoms with Gasteiger partial charge in [0, 0.05) is 5.69 Å². The SMILES string of the molecule is CC.CC(C)CCOc1nc(Nc2ccc3c(c2)COB3O)ccc1C#N. The quantitative estimate of drug-likeness (QED) is 0.762. The smallest absolute Gasteiger partial charge is 0.477 e. The summed E-state index contributed by atoms with van der Waals surface area (Å²) in [6.45, 7) is 9.15. The molecule has 0 radical (unpaired) electrons. The lowest BCUT2D eigenvalue weighted by Gasteiger charge is -2.12. The average Bonchev–Trinajstić information content (AvgIpc) is 3.04. The van der Waals surface area contributed by atoms with E-state index < -0.39 is 7.12 Å². The number of rotatable bonds is 6.